The fourth-order valence-electron chi connectivity index (χ4n) is 3.36. The highest BCUT2D eigenvalue weighted by atomic mass is 35.5. The third-order valence-electron chi connectivity index (χ3n) is 5.44. The number of carboxylic acids is 1. The summed E-state index contributed by atoms with van der Waals surface area (Å²) in [6.45, 7) is 9.06. The first-order chi connectivity index (χ1) is 19.1. The summed E-state index contributed by atoms with van der Waals surface area (Å²) in [5.41, 5.74) is 1.56. The average molecular weight is 601 g/mol. The lowest BCUT2D eigenvalue weighted by molar-refractivity contribution is -0.139. The maximum Gasteiger partial charge on any atom is 0.321 e. The number of pyridine rings is 1. The molecule has 3 rings (SSSR count). The van der Waals surface area contributed by atoms with Gasteiger partial charge in [-0.3, -0.25) is 19.4 Å². The van der Waals surface area contributed by atoms with E-state index in [9.17, 15) is 14.4 Å². The minimum atomic E-state index is -0.762. The molecule has 1 unspecified atom stereocenters. The topological polar surface area (TPSA) is 133 Å². The fraction of sp³-hybridized carbons (Fsp3) is 0.481. The molecule has 40 heavy (non-hydrogen) atoms. The van der Waals surface area contributed by atoms with E-state index in [1.165, 1.54) is 17.2 Å². The molecule has 13 heteroatoms. The van der Waals surface area contributed by atoms with Crippen molar-refractivity contribution in [1.29, 1.82) is 0 Å². The third kappa shape index (κ3) is 12.4. The molecule has 1 aromatic carbocycles. The molecule has 1 aromatic heterocycles. The van der Waals surface area contributed by atoms with Crippen molar-refractivity contribution in [2.45, 2.75) is 39.8 Å². The van der Waals surface area contributed by atoms with Gasteiger partial charge in [-0.1, -0.05) is 56.1 Å². The van der Waals surface area contributed by atoms with E-state index in [0.29, 0.717) is 30.3 Å². The normalized spacial score (nSPS) is 13.4. The summed E-state index contributed by atoms with van der Waals surface area (Å²) in [5.74, 6) is -0.899. The van der Waals surface area contributed by atoms with Gasteiger partial charge in [0.2, 0.25) is 5.88 Å². The number of carbonyl (C=O) groups is 3. The molecule has 1 fully saturated rings. The quantitative estimate of drug-likeness (QED) is 0.393. The third-order valence-corrected chi connectivity index (χ3v) is 5.91. The van der Waals surface area contributed by atoms with E-state index in [-0.39, 0.29) is 35.9 Å². The monoisotopic (exact) mass is 599 g/mol. The number of rotatable bonds is 9. The average Bonchev–Trinajstić information content (AvgIpc) is 2.96. The lowest BCUT2D eigenvalue weighted by atomic mass is 10.2. The van der Waals surface area contributed by atoms with Crippen LogP contribution in [0.4, 0.5) is 10.5 Å². The zero-order valence-corrected chi connectivity index (χ0v) is 25.1. The number of amides is 3. The molecule has 1 atom stereocenters. The van der Waals surface area contributed by atoms with Crippen LogP contribution in [0.15, 0.2) is 36.5 Å². The minimum absolute atomic E-state index is 0.142. The van der Waals surface area contributed by atoms with Crippen molar-refractivity contribution < 1.29 is 29.0 Å². The summed E-state index contributed by atoms with van der Waals surface area (Å²) < 4.78 is 10.7. The van der Waals surface area contributed by atoms with E-state index < -0.39 is 12.1 Å². The zero-order chi connectivity index (χ0) is 30.1. The maximum absolute atomic E-state index is 12.5. The van der Waals surface area contributed by atoms with Crippen molar-refractivity contribution in [3.63, 3.8) is 0 Å². The van der Waals surface area contributed by atoms with E-state index in [4.69, 9.17) is 37.8 Å². The van der Waals surface area contributed by atoms with Crippen molar-refractivity contribution in [2.24, 2.45) is 0 Å². The van der Waals surface area contributed by atoms with Crippen LogP contribution in [0, 0.1) is 0 Å². The molecule has 11 nitrogen and oxygen atoms in total. The molecule has 1 aliphatic rings. The Balaban J connectivity index is 0.000000555. The van der Waals surface area contributed by atoms with Crippen LogP contribution in [-0.2, 0) is 20.9 Å². The van der Waals surface area contributed by atoms with E-state index in [1.807, 2.05) is 49.9 Å². The highest BCUT2D eigenvalue weighted by Gasteiger charge is 2.20. The van der Waals surface area contributed by atoms with Gasteiger partial charge in [-0.2, -0.15) is 0 Å². The van der Waals surface area contributed by atoms with Gasteiger partial charge >= 0.3 is 12.0 Å². The highest BCUT2D eigenvalue weighted by molar-refractivity contribution is 6.35. The predicted molar refractivity (Wildman–Crippen MR) is 156 cm³/mol. The molecular formula is C27H39Cl2N5O6. The number of nitrogens with zero attached hydrogens (tertiary/aromatic N) is 3. The van der Waals surface area contributed by atoms with Crippen molar-refractivity contribution in [1.82, 2.24) is 20.5 Å². The van der Waals surface area contributed by atoms with Gasteiger partial charge in [0.05, 0.1) is 24.8 Å². The molecule has 222 valence electrons. The Morgan fingerprint density at radius 1 is 1.20 bits per heavy atom. The van der Waals surface area contributed by atoms with Gasteiger partial charge in [0.1, 0.15) is 5.02 Å². The van der Waals surface area contributed by atoms with Crippen LogP contribution in [0.1, 0.15) is 32.8 Å². The first-order valence-corrected chi connectivity index (χ1v) is 13.7. The summed E-state index contributed by atoms with van der Waals surface area (Å²) in [4.78, 5) is 41.8. The highest BCUT2D eigenvalue weighted by Crippen LogP contribution is 2.26. The lowest BCUT2D eigenvalue weighted by Gasteiger charge is -2.24. The van der Waals surface area contributed by atoms with Gasteiger partial charge in [-0.25, -0.2) is 9.78 Å². The number of aliphatic carboxylic acids is 1. The Morgan fingerprint density at radius 3 is 2.45 bits per heavy atom. The first kappa shape index (κ1) is 34.9. The Hall–Kier alpha value is -3.12. The van der Waals surface area contributed by atoms with Gasteiger partial charge in [-0.05, 0) is 30.2 Å². The van der Waals surface area contributed by atoms with Gasteiger partial charge in [-0.15, -0.1) is 0 Å². The Morgan fingerprint density at radius 2 is 1.88 bits per heavy atom. The molecule has 0 radical (unpaired) electrons. The van der Waals surface area contributed by atoms with Crippen LogP contribution in [0.5, 0.6) is 5.88 Å². The number of hydrogen-bond donors (Lipinski definition) is 3. The fourth-order valence-corrected chi connectivity index (χ4v) is 3.78. The number of ether oxygens (including phenoxy) is 2. The molecule has 0 saturated carbocycles. The lowest BCUT2D eigenvalue weighted by Crippen LogP contribution is -2.39. The van der Waals surface area contributed by atoms with Gasteiger partial charge < -0.3 is 25.2 Å². The van der Waals surface area contributed by atoms with Crippen LogP contribution in [0.2, 0.25) is 10.0 Å². The number of carboxylic acid groups (broad SMARTS) is 1. The van der Waals surface area contributed by atoms with E-state index in [2.05, 4.69) is 15.6 Å². The second-order valence-corrected chi connectivity index (χ2v) is 9.08. The summed E-state index contributed by atoms with van der Waals surface area (Å²) in [6.07, 6.45) is 1.09. The molecule has 1 saturated heterocycles. The number of hydrogen-bond acceptors (Lipinski definition) is 7. The Labute approximate surface area is 245 Å². The van der Waals surface area contributed by atoms with Gasteiger partial charge in [0.25, 0.3) is 5.91 Å². The second kappa shape index (κ2) is 19.0. The molecule has 0 spiro atoms. The summed E-state index contributed by atoms with van der Waals surface area (Å²) in [7, 11) is 3.23. The largest absolute Gasteiger partial charge is 0.480 e. The smallest absolute Gasteiger partial charge is 0.321 e. The zero-order valence-electron chi connectivity index (χ0n) is 23.6. The van der Waals surface area contributed by atoms with Crippen LogP contribution in [0.25, 0.3) is 0 Å². The maximum atomic E-state index is 12.5. The van der Waals surface area contributed by atoms with Crippen LogP contribution in [0.3, 0.4) is 0 Å². The molecule has 3 N–H and O–H groups in total. The molecular weight excluding hydrogens is 561 g/mol. The number of anilines is 1. The van der Waals surface area contributed by atoms with Gasteiger partial charge in [0.15, 0.2) is 6.10 Å². The standard InChI is InChI=1S/C19H22Cl2N4O3.C6H11NO3.C2H6/c1-4-16(28-18-15(21)9-13(20)11-24-18)17(26)23-10-12-6-5-7-14(8-12)25(3)19(27)22-2;8-6(9)5-7-1-3-10-4-2-7;1-2/h5-9,11,16H,4,10H2,1-3H3,(H,22,27)(H,23,26);1-5H2,(H,8,9);1-2H3. The van der Waals surface area contributed by atoms with E-state index >= 15 is 0 Å². The van der Waals surface area contributed by atoms with Crippen LogP contribution in [-0.4, -0.2) is 85.9 Å². The number of carbonyl (C=O) groups excluding carboxylic acids is 2. The predicted octanol–water partition coefficient (Wildman–Crippen LogP) is 4.07. The van der Waals surface area contributed by atoms with Crippen molar-refractivity contribution >= 4 is 46.8 Å². The van der Waals surface area contributed by atoms with Crippen molar-refractivity contribution in [3.8, 4) is 5.88 Å². The Bertz CT molecular complexity index is 1090. The molecule has 1 aliphatic heterocycles. The van der Waals surface area contributed by atoms with Crippen LogP contribution >= 0.6 is 23.2 Å². The summed E-state index contributed by atoms with van der Waals surface area (Å²) in [5, 5.41) is 14.4. The van der Waals surface area contributed by atoms with Gasteiger partial charge in [0, 0.05) is 45.6 Å². The number of aromatic nitrogens is 1. The first-order valence-electron chi connectivity index (χ1n) is 13.0. The molecule has 3 amide bonds. The molecule has 0 aliphatic carbocycles. The SMILES string of the molecule is CC.CCC(Oc1ncc(Cl)cc1Cl)C(=O)NCc1cccc(N(C)C(=O)NC)c1.O=C(O)CN1CCOCC1. The summed E-state index contributed by atoms with van der Waals surface area (Å²) >= 11 is 11.9. The summed E-state index contributed by atoms with van der Waals surface area (Å²) in [6, 6.07) is 8.60. The van der Waals surface area contributed by atoms with Crippen molar-refractivity contribution in [2.75, 3.05) is 51.8 Å². The van der Waals surface area contributed by atoms with Crippen LogP contribution < -0.4 is 20.3 Å². The number of morpholine rings is 1. The van der Waals surface area contributed by atoms with E-state index in [1.54, 1.807) is 14.1 Å². The Kier molecular flexibility index (Phi) is 16.6. The number of nitrogens with one attached hydrogen (secondary N) is 2. The van der Waals surface area contributed by atoms with Crippen molar-refractivity contribution in [3.05, 3.63) is 52.1 Å². The number of halogens is 2. The molecule has 2 heterocycles. The number of benzene rings is 1. The second-order valence-electron chi connectivity index (χ2n) is 8.24. The number of urea groups is 1. The minimum Gasteiger partial charge on any atom is -0.480 e. The van der Waals surface area contributed by atoms with E-state index in [0.717, 1.165) is 18.7 Å². The molecule has 0 bridgehead atoms. The molecule has 2 aromatic rings.